The number of anilines is 1. The van der Waals surface area contributed by atoms with Crippen LogP contribution in [0.15, 0.2) is 60.9 Å². The molecule has 2 aliphatic rings. The molecule has 6 nitrogen and oxygen atoms in total. The second-order valence-corrected chi connectivity index (χ2v) is 8.98. The summed E-state index contributed by atoms with van der Waals surface area (Å²) >= 11 is 0. The van der Waals surface area contributed by atoms with Crippen LogP contribution < -0.4 is 4.90 Å². The van der Waals surface area contributed by atoms with Crippen molar-refractivity contribution in [2.45, 2.75) is 18.9 Å². The Morgan fingerprint density at radius 3 is 2.47 bits per heavy atom. The Bertz CT molecular complexity index is 1090. The molecule has 2 aliphatic heterocycles. The average Bonchev–Trinajstić information content (AvgIpc) is 3.51. The number of nitrogens with zero attached hydrogens (tertiary/aromatic N) is 5. The van der Waals surface area contributed by atoms with Crippen LogP contribution in [-0.4, -0.2) is 65.0 Å². The molecule has 1 aromatic heterocycles. The highest BCUT2D eigenvalue weighted by atomic mass is 16.2. The zero-order valence-corrected chi connectivity index (χ0v) is 18.9. The predicted molar refractivity (Wildman–Crippen MR) is 128 cm³/mol. The zero-order valence-electron chi connectivity index (χ0n) is 18.9. The van der Waals surface area contributed by atoms with E-state index in [1.807, 2.05) is 42.2 Å². The first-order valence-electron chi connectivity index (χ1n) is 11.5. The van der Waals surface area contributed by atoms with Crippen LogP contribution in [0.5, 0.6) is 0 Å². The van der Waals surface area contributed by atoms with Gasteiger partial charge in [-0.2, -0.15) is 0 Å². The van der Waals surface area contributed by atoms with Gasteiger partial charge in [0.1, 0.15) is 5.82 Å². The van der Waals surface area contributed by atoms with Crippen molar-refractivity contribution in [3.05, 3.63) is 72.1 Å². The smallest absolute Gasteiger partial charge is 0.256 e. The molecule has 1 amide bonds. The summed E-state index contributed by atoms with van der Waals surface area (Å²) in [5, 5.41) is 0. The molecule has 2 saturated heterocycles. The fourth-order valence-electron chi connectivity index (χ4n) is 4.99. The van der Waals surface area contributed by atoms with E-state index in [0.29, 0.717) is 0 Å². The number of amides is 1. The van der Waals surface area contributed by atoms with E-state index in [4.69, 9.17) is 0 Å². The fraction of sp³-hybridized carbons (Fsp3) is 0.385. The third-order valence-electron chi connectivity index (χ3n) is 6.78. The number of rotatable bonds is 4. The molecule has 0 bridgehead atoms. The van der Waals surface area contributed by atoms with Gasteiger partial charge in [0.25, 0.3) is 5.91 Å². The topological polar surface area (TPSA) is 44.6 Å². The summed E-state index contributed by atoms with van der Waals surface area (Å²) in [5.41, 5.74) is 4.09. The molecule has 0 saturated carbocycles. The Kier molecular flexibility index (Phi) is 5.70. The minimum Gasteiger partial charge on any atom is -0.371 e. The van der Waals surface area contributed by atoms with Gasteiger partial charge in [0.15, 0.2) is 0 Å². The number of piperazine rings is 1. The van der Waals surface area contributed by atoms with E-state index in [2.05, 4.69) is 57.1 Å². The first-order valence-corrected chi connectivity index (χ1v) is 11.5. The third-order valence-corrected chi connectivity index (χ3v) is 6.78. The monoisotopic (exact) mass is 429 g/mol. The highest BCUT2D eigenvalue weighted by molar-refractivity contribution is 6.01. The number of hydrogen-bond acceptors (Lipinski definition) is 4. The van der Waals surface area contributed by atoms with Crippen LogP contribution >= 0.6 is 0 Å². The van der Waals surface area contributed by atoms with Crippen LogP contribution in [0.1, 0.15) is 34.8 Å². The van der Waals surface area contributed by atoms with E-state index >= 15 is 0 Å². The molecule has 1 unspecified atom stereocenters. The summed E-state index contributed by atoms with van der Waals surface area (Å²) in [6.07, 6.45) is 6.11. The van der Waals surface area contributed by atoms with E-state index < -0.39 is 0 Å². The number of likely N-dealkylation sites (N-methyl/N-ethyl adjacent to an activating group) is 1. The number of aryl methyl sites for hydroxylation is 1. The Labute approximate surface area is 190 Å². The van der Waals surface area contributed by atoms with Crippen molar-refractivity contribution >= 4 is 11.6 Å². The van der Waals surface area contributed by atoms with Crippen molar-refractivity contribution in [1.82, 2.24) is 19.4 Å². The number of carbonyl (C=O) groups is 1. The Morgan fingerprint density at radius 1 is 0.969 bits per heavy atom. The molecule has 2 aromatic carbocycles. The van der Waals surface area contributed by atoms with E-state index in [1.54, 1.807) is 0 Å². The van der Waals surface area contributed by atoms with Crippen LogP contribution in [0.25, 0.3) is 11.4 Å². The summed E-state index contributed by atoms with van der Waals surface area (Å²) < 4.78 is 2.02. The van der Waals surface area contributed by atoms with Crippen LogP contribution in [0.2, 0.25) is 0 Å². The summed E-state index contributed by atoms with van der Waals surface area (Å²) in [6, 6.07) is 16.7. The number of carbonyl (C=O) groups excluding carboxylic acids is 1. The molecule has 32 heavy (non-hydrogen) atoms. The first-order chi connectivity index (χ1) is 15.6. The quantitative estimate of drug-likeness (QED) is 0.633. The lowest BCUT2D eigenvalue weighted by Gasteiger charge is -2.41. The normalized spacial score (nSPS) is 19.5. The van der Waals surface area contributed by atoms with E-state index in [9.17, 15) is 4.79 Å². The predicted octanol–water partition coefficient (Wildman–Crippen LogP) is 3.82. The molecule has 6 heteroatoms. The van der Waals surface area contributed by atoms with Gasteiger partial charge in [-0.25, -0.2) is 4.98 Å². The van der Waals surface area contributed by atoms with Crippen LogP contribution in [0.4, 0.5) is 5.69 Å². The first kappa shape index (κ1) is 20.8. The van der Waals surface area contributed by atoms with Crippen LogP contribution in [-0.2, 0) is 7.05 Å². The maximum absolute atomic E-state index is 14.0. The average molecular weight is 430 g/mol. The molecule has 0 aliphatic carbocycles. The second kappa shape index (κ2) is 8.79. The lowest BCUT2D eigenvalue weighted by atomic mass is 10.00. The molecule has 5 rings (SSSR count). The molecule has 0 spiro atoms. The Morgan fingerprint density at radius 2 is 1.75 bits per heavy atom. The Hall–Kier alpha value is -3.12. The van der Waals surface area contributed by atoms with Gasteiger partial charge in [0.2, 0.25) is 0 Å². The third kappa shape index (κ3) is 3.91. The molecule has 1 atom stereocenters. The minimum atomic E-state index is 0.0584. The van der Waals surface area contributed by atoms with E-state index in [-0.39, 0.29) is 11.9 Å². The standard InChI is InChI=1S/C26H31N5O/c1-28-16-17-31(24(19-28)20-8-4-3-5-9-20)26(32)22-11-10-21(25-27-12-15-29(25)2)18-23(22)30-13-6-7-14-30/h3-5,8-12,15,18,24H,6-7,13-14,16-17,19H2,1-2H3. The van der Waals surface area contributed by atoms with Crippen molar-refractivity contribution in [2.75, 3.05) is 44.7 Å². The summed E-state index contributed by atoms with van der Waals surface area (Å²) in [6.45, 7) is 4.46. The van der Waals surface area contributed by atoms with Crippen LogP contribution in [0, 0.1) is 0 Å². The van der Waals surface area contributed by atoms with Gasteiger partial charge in [-0.1, -0.05) is 36.4 Å². The van der Waals surface area contributed by atoms with E-state index in [1.165, 1.54) is 18.4 Å². The van der Waals surface area contributed by atoms with Crippen molar-refractivity contribution in [2.24, 2.45) is 7.05 Å². The molecule has 0 N–H and O–H groups in total. The van der Waals surface area contributed by atoms with Gasteiger partial charge in [-0.3, -0.25) is 4.79 Å². The van der Waals surface area contributed by atoms with Crippen molar-refractivity contribution in [3.8, 4) is 11.4 Å². The number of imidazole rings is 1. The van der Waals surface area contributed by atoms with Gasteiger partial charge in [-0.05, 0) is 37.6 Å². The van der Waals surface area contributed by atoms with Gasteiger partial charge < -0.3 is 19.3 Å². The SMILES string of the molecule is CN1CCN(C(=O)c2ccc(-c3nccn3C)cc2N2CCCC2)C(c2ccccc2)C1. The van der Waals surface area contributed by atoms with Crippen molar-refractivity contribution in [1.29, 1.82) is 0 Å². The maximum atomic E-state index is 14.0. The Balaban J connectivity index is 1.53. The fourth-order valence-corrected chi connectivity index (χ4v) is 4.99. The van der Waals surface area contributed by atoms with Gasteiger partial charge >= 0.3 is 0 Å². The number of benzene rings is 2. The van der Waals surface area contributed by atoms with Gasteiger partial charge in [-0.15, -0.1) is 0 Å². The number of aromatic nitrogens is 2. The van der Waals surface area contributed by atoms with Crippen molar-refractivity contribution < 1.29 is 4.79 Å². The summed E-state index contributed by atoms with van der Waals surface area (Å²) in [5.74, 6) is 1.05. The summed E-state index contributed by atoms with van der Waals surface area (Å²) in [4.78, 5) is 25.3. The van der Waals surface area contributed by atoms with Crippen LogP contribution in [0.3, 0.4) is 0 Å². The summed E-state index contributed by atoms with van der Waals surface area (Å²) in [7, 11) is 4.14. The number of hydrogen-bond donors (Lipinski definition) is 0. The molecular weight excluding hydrogens is 398 g/mol. The highest BCUT2D eigenvalue weighted by Gasteiger charge is 2.33. The maximum Gasteiger partial charge on any atom is 0.256 e. The van der Waals surface area contributed by atoms with Gasteiger partial charge in [0.05, 0.1) is 17.3 Å². The largest absolute Gasteiger partial charge is 0.371 e. The van der Waals surface area contributed by atoms with Gasteiger partial charge in [0, 0.05) is 57.7 Å². The van der Waals surface area contributed by atoms with E-state index in [0.717, 1.165) is 55.4 Å². The molecule has 166 valence electrons. The molecular formula is C26H31N5O. The molecule has 0 radical (unpaired) electrons. The molecule has 3 heterocycles. The highest BCUT2D eigenvalue weighted by Crippen LogP contribution is 2.33. The lowest BCUT2D eigenvalue weighted by Crippen LogP contribution is -2.49. The lowest BCUT2D eigenvalue weighted by molar-refractivity contribution is 0.0498. The second-order valence-electron chi connectivity index (χ2n) is 8.98. The molecule has 3 aromatic rings. The zero-order chi connectivity index (χ0) is 22.1. The molecule has 2 fully saturated rings. The van der Waals surface area contributed by atoms with Crippen molar-refractivity contribution in [3.63, 3.8) is 0 Å². The minimum absolute atomic E-state index is 0.0584.